The Morgan fingerprint density at radius 3 is 2.71 bits per heavy atom. The Bertz CT molecular complexity index is 421. The molecule has 1 aromatic heterocycles. The first-order valence-electron chi connectivity index (χ1n) is 5.32. The number of halogens is 1. The largest absolute Gasteiger partial charge is 0.478 e. The number of ether oxygens (including phenoxy) is 1. The van der Waals surface area contributed by atoms with E-state index in [1.165, 1.54) is 0 Å². The van der Waals surface area contributed by atoms with Crippen molar-refractivity contribution < 1.29 is 14.6 Å². The number of anilines is 1. The van der Waals surface area contributed by atoms with Crippen molar-refractivity contribution in [2.24, 2.45) is 0 Å². The van der Waals surface area contributed by atoms with Gasteiger partial charge in [-0.2, -0.15) is 0 Å². The summed E-state index contributed by atoms with van der Waals surface area (Å²) in [5, 5.41) is 9.22. The van der Waals surface area contributed by atoms with Crippen molar-refractivity contribution in [1.82, 2.24) is 4.98 Å². The van der Waals surface area contributed by atoms with Gasteiger partial charge in [-0.3, -0.25) is 0 Å². The lowest BCUT2D eigenvalue weighted by Gasteiger charge is -2.28. The summed E-state index contributed by atoms with van der Waals surface area (Å²) in [5.74, 6) is -0.339. The van der Waals surface area contributed by atoms with Gasteiger partial charge in [0.2, 0.25) is 0 Å². The molecule has 2 heterocycles. The number of aryl methyl sites for hydroxylation is 1. The Balaban J connectivity index is 2.34. The van der Waals surface area contributed by atoms with E-state index in [0.29, 0.717) is 24.7 Å². The summed E-state index contributed by atoms with van der Waals surface area (Å²) in [6, 6.07) is 1.60. The van der Waals surface area contributed by atoms with Crippen LogP contribution in [0.25, 0.3) is 0 Å². The fourth-order valence-corrected chi connectivity index (χ4v) is 2.14. The van der Waals surface area contributed by atoms with E-state index < -0.39 is 5.97 Å². The van der Waals surface area contributed by atoms with E-state index in [4.69, 9.17) is 21.4 Å². The number of carboxylic acids is 1. The van der Waals surface area contributed by atoms with Gasteiger partial charge in [-0.25, -0.2) is 9.78 Å². The number of carbonyl (C=O) groups is 1. The molecule has 0 spiro atoms. The Morgan fingerprint density at radius 2 is 2.18 bits per heavy atom. The third-order valence-corrected chi connectivity index (χ3v) is 2.99. The van der Waals surface area contributed by atoms with E-state index in [2.05, 4.69) is 4.98 Å². The van der Waals surface area contributed by atoms with Gasteiger partial charge in [0, 0.05) is 19.2 Å². The first kappa shape index (κ1) is 12.1. The third-order valence-electron chi connectivity index (χ3n) is 2.69. The van der Waals surface area contributed by atoms with Crippen LogP contribution in [0.2, 0.25) is 5.02 Å². The third kappa shape index (κ3) is 2.50. The number of hydrogen-bond donors (Lipinski definition) is 1. The van der Waals surface area contributed by atoms with Gasteiger partial charge < -0.3 is 14.7 Å². The van der Waals surface area contributed by atoms with Crippen LogP contribution in [0.4, 0.5) is 5.82 Å². The van der Waals surface area contributed by atoms with E-state index >= 15 is 0 Å². The first-order valence-corrected chi connectivity index (χ1v) is 5.70. The molecule has 0 amide bonds. The summed E-state index contributed by atoms with van der Waals surface area (Å²) >= 11 is 5.97. The molecular weight excluding hydrogens is 244 g/mol. The van der Waals surface area contributed by atoms with Gasteiger partial charge in [-0.15, -0.1) is 0 Å². The predicted molar refractivity (Wildman–Crippen MR) is 64.0 cm³/mol. The lowest BCUT2D eigenvalue weighted by molar-refractivity contribution is 0.0695. The van der Waals surface area contributed by atoms with Gasteiger partial charge in [0.1, 0.15) is 5.82 Å². The van der Waals surface area contributed by atoms with Crippen LogP contribution in [0, 0.1) is 6.92 Å². The molecule has 1 N–H and O–H groups in total. The molecule has 1 fully saturated rings. The Kier molecular flexibility index (Phi) is 3.49. The maximum Gasteiger partial charge on any atom is 0.339 e. The van der Waals surface area contributed by atoms with Crippen LogP contribution < -0.4 is 4.90 Å². The molecule has 0 unspecified atom stereocenters. The maximum absolute atomic E-state index is 11.0. The van der Waals surface area contributed by atoms with Crippen molar-refractivity contribution in [3.8, 4) is 0 Å². The van der Waals surface area contributed by atoms with Crippen molar-refractivity contribution in [3.63, 3.8) is 0 Å². The molecule has 0 aliphatic carbocycles. The number of rotatable bonds is 2. The summed E-state index contributed by atoms with van der Waals surface area (Å²) < 4.78 is 5.25. The molecule has 0 saturated carbocycles. The zero-order chi connectivity index (χ0) is 12.4. The summed E-state index contributed by atoms with van der Waals surface area (Å²) in [6.07, 6.45) is 0. The number of aromatic carboxylic acids is 1. The van der Waals surface area contributed by atoms with E-state index in [0.717, 1.165) is 13.1 Å². The number of aromatic nitrogens is 1. The summed E-state index contributed by atoms with van der Waals surface area (Å²) in [5.41, 5.74) is 0.509. The van der Waals surface area contributed by atoms with Crippen molar-refractivity contribution >= 4 is 23.4 Å². The van der Waals surface area contributed by atoms with Gasteiger partial charge in [0.25, 0.3) is 0 Å². The number of pyridine rings is 1. The van der Waals surface area contributed by atoms with Crippen molar-refractivity contribution in [3.05, 3.63) is 22.3 Å². The highest BCUT2D eigenvalue weighted by Gasteiger charge is 2.18. The summed E-state index contributed by atoms with van der Waals surface area (Å²) in [7, 11) is 0. The minimum Gasteiger partial charge on any atom is -0.478 e. The lowest BCUT2D eigenvalue weighted by Crippen LogP contribution is -2.37. The van der Waals surface area contributed by atoms with Crippen molar-refractivity contribution in [1.29, 1.82) is 0 Å². The zero-order valence-electron chi connectivity index (χ0n) is 9.44. The molecule has 17 heavy (non-hydrogen) atoms. The molecule has 1 aliphatic rings. The quantitative estimate of drug-likeness (QED) is 0.870. The lowest BCUT2D eigenvalue weighted by atomic mass is 10.2. The maximum atomic E-state index is 11.0. The molecule has 0 radical (unpaired) electrons. The molecule has 92 valence electrons. The second-order valence-electron chi connectivity index (χ2n) is 3.83. The van der Waals surface area contributed by atoms with E-state index in [1.807, 2.05) is 4.90 Å². The topological polar surface area (TPSA) is 62.7 Å². The van der Waals surface area contributed by atoms with Gasteiger partial charge in [-0.05, 0) is 6.92 Å². The molecule has 0 bridgehead atoms. The highest BCUT2D eigenvalue weighted by Crippen LogP contribution is 2.24. The van der Waals surface area contributed by atoms with Crippen LogP contribution in [-0.2, 0) is 4.74 Å². The first-order chi connectivity index (χ1) is 8.09. The fourth-order valence-electron chi connectivity index (χ4n) is 1.83. The van der Waals surface area contributed by atoms with Crippen molar-refractivity contribution in [2.75, 3.05) is 31.2 Å². The zero-order valence-corrected chi connectivity index (χ0v) is 10.2. The second kappa shape index (κ2) is 4.89. The summed E-state index contributed by atoms with van der Waals surface area (Å²) in [4.78, 5) is 17.3. The van der Waals surface area contributed by atoms with Crippen molar-refractivity contribution in [2.45, 2.75) is 6.92 Å². The Morgan fingerprint density at radius 1 is 1.53 bits per heavy atom. The normalized spacial score (nSPS) is 16.0. The average Bonchev–Trinajstić information content (AvgIpc) is 2.28. The van der Waals surface area contributed by atoms with Crippen LogP contribution in [0.1, 0.15) is 16.1 Å². The number of morpholine rings is 1. The molecule has 5 nitrogen and oxygen atoms in total. The monoisotopic (exact) mass is 256 g/mol. The van der Waals surface area contributed by atoms with E-state index in [1.54, 1.807) is 13.0 Å². The van der Waals surface area contributed by atoms with Crippen LogP contribution in [0.3, 0.4) is 0 Å². The Labute approximate surface area is 104 Å². The molecule has 1 saturated heterocycles. The number of nitrogens with zero attached hydrogens (tertiary/aromatic N) is 2. The van der Waals surface area contributed by atoms with E-state index in [-0.39, 0.29) is 10.6 Å². The Hall–Kier alpha value is -1.33. The van der Waals surface area contributed by atoms with Gasteiger partial charge >= 0.3 is 5.97 Å². The van der Waals surface area contributed by atoms with Crippen LogP contribution >= 0.6 is 11.6 Å². The van der Waals surface area contributed by atoms with Gasteiger partial charge in [0.15, 0.2) is 0 Å². The highest BCUT2D eigenvalue weighted by molar-refractivity contribution is 6.33. The van der Waals surface area contributed by atoms with Crippen LogP contribution in [0.5, 0.6) is 0 Å². The average molecular weight is 257 g/mol. The molecule has 1 aromatic rings. The standard InChI is InChI=1S/C11H13ClN2O3/c1-7-10(11(15)16)8(12)6-9(13-7)14-2-4-17-5-3-14/h6H,2-5H2,1H3,(H,15,16). The summed E-state index contributed by atoms with van der Waals surface area (Å²) in [6.45, 7) is 4.45. The molecule has 0 atom stereocenters. The number of hydrogen-bond acceptors (Lipinski definition) is 4. The van der Waals surface area contributed by atoms with E-state index in [9.17, 15) is 4.79 Å². The minimum absolute atomic E-state index is 0.0728. The molecule has 0 aromatic carbocycles. The second-order valence-corrected chi connectivity index (χ2v) is 4.23. The predicted octanol–water partition coefficient (Wildman–Crippen LogP) is 1.58. The smallest absolute Gasteiger partial charge is 0.339 e. The van der Waals surface area contributed by atoms with Gasteiger partial charge in [0.05, 0.1) is 29.5 Å². The van der Waals surface area contributed by atoms with Gasteiger partial charge in [-0.1, -0.05) is 11.6 Å². The molecular formula is C11H13ClN2O3. The molecule has 2 rings (SSSR count). The molecule has 1 aliphatic heterocycles. The van der Waals surface area contributed by atoms with Crippen LogP contribution in [0.15, 0.2) is 6.07 Å². The van der Waals surface area contributed by atoms with Crippen LogP contribution in [-0.4, -0.2) is 42.4 Å². The fraction of sp³-hybridized carbons (Fsp3) is 0.455. The highest BCUT2D eigenvalue weighted by atomic mass is 35.5. The molecule has 6 heteroatoms. The minimum atomic E-state index is -1.05. The SMILES string of the molecule is Cc1nc(N2CCOCC2)cc(Cl)c1C(=O)O. The number of carboxylic acid groups (broad SMARTS) is 1.